The van der Waals surface area contributed by atoms with E-state index in [1.54, 1.807) is 17.0 Å². The summed E-state index contributed by atoms with van der Waals surface area (Å²) in [6.07, 6.45) is 2.24. The van der Waals surface area contributed by atoms with Crippen LogP contribution >= 0.6 is 11.6 Å². The largest absolute Gasteiger partial charge is 0.342 e. The molecule has 23 heavy (non-hydrogen) atoms. The summed E-state index contributed by atoms with van der Waals surface area (Å²) >= 11 is 5.89. The van der Waals surface area contributed by atoms with Gasteiger partial charge in [0.2, 0.25) is 11.8 Å². The number of benzene rings is 1. The number of halogens is 1. The molecule has 2 amide bonds. The van der Waals surface area contributed by atoms with E-state index in [0.717, 1.165) is 31.6 Å². The molecule has 0 spiro atoms. The van der Waals surface area contributed by atoms with Gasteiger partial charge in [0.1, 0.15) is 0 Å². The van der Waals surface area contributed by atoms with Gasteiger partial charge in [-0.05, 0) is 50.2 Å². The second-order valence-electron chi connectivity index (χ2n) is 6.31. The third-order valence-electron chi connectivity index (χ3n) is 4.82. The standard InChI is InChI=1S/C17H22ClN3O2/c1-20(14-6-8-19-9-7-14)17(23)12-10-16(22)21(11-12)15-4-2-13(18)3-5-15/h2-5,12,14,19H,6-11H2,1H3. The van der Waals surface area contributed by atoms with E-state index < -0.39 is 0 Å². The van der Waals surface area contributed by atoms with Crippen molar-refractivity contribution in [1.29, 1.82) is 0 Å². The number of anilines is 1. The van der Waals surface area contributed by atoms with Gasteiger partial charge in [-0.25, -0.2) is 0 Å². The number of nitrogens with one attached hydrogen (secondary N) is 1. The number of nitrogens with zero attached hydrogens (tertiary/aromatic N) is 2. The van der Waals surface area contributed by atoms with Crippen molar-refractivity contribution in [1.82, 2.24) is 10.2 Å². The van der Waals surface area contributed by atoms with E-state index in [2.05, 4.69) is 5.32 Å². The fourth-order valence-electron chi connectivity index (χ4n) is 3.41. The van der Waals surface area contributed by atoms with Gasteiger partial charge in [0.25, 0.3) is 0 Å². The molecule has 1 aromatic carbocycles. The first-order valence-corrected chi connectivity index (χ1v) is 8.47. The summed E-state index contributed by atoms with van der Waals surface area (Å²) < 4.78 is 0. The lowest BCUT2D eigenvalue weighted by Gasteiger charge is -2.33. The van der Waals surface area contributed by atoms with Gasteiger partial charge < -0.3 is 15.1 Å². The van der Waals surface area contributed by atoms with Crippen LogP contribution in [0.3, 0.4) is 0 Å². The summed E-state index contributed by atoms with van der Waals surface area (Å²) in [6.45, 7) is 2.35. The summed E-state index contributed by atoms with van der Waals surface area (Å²) in [5, 5.41) is 3.94. The molecule has 2 fully saturated rings. The summed E-state index contributed by atoms with van der Waals surface area (Å²) in [5.74, 6) is -0.163. The molecule has 0 aromatic heterocycles. The Bertz CT molecular complexity index is 584. The van der Waals surface area contributed by atoms with Crippen molar-refractivity contribution in [2.24, 2.45) is 5.92 Å². The van der Waals surface area contributed by atoms with E-state index in [1.807, 2.05) is 24.1 Å². The van der Waals surface area contributed by atoms with Crippen LogP contribution in [0.15, 0.2) is 24.3 Å². The number of amides is 2. The molecule has 0 saturated carbocycles. The van der Waals surface area contributed by atoms with Gasteiger partial charge in [0.05, 0.1) is 5.92 Å². The van der Waals surface area contributed by atoms with E-state index in [9.17, 15) is 9.59 Å². The fraction of sp³-hybridized carbons (Fsp3) is 0.529. The minimum Gasteiger partial charge on any atom is -0.342 e. The number of carbonyl (C=O) groups excluding carboxylic acids is 2. The van der Waals surface area contributed by atoms with Gasteiger partial charge in [0.15, 0.2) is 0 Å². The highest BCUT2D eigenvalue weighted by atomic mass is 35.5. The Morgan fingerprint density at radius 3 is 2.57 bits per heavy atom. The van der Waals surface area contributed by atoms with Crippen LogP contribution in [0, 0.1) is 5.92 Å². The van der Waals surface area contributed by atoms with Crippen molar-refractivity contribution in [2.45, 2.75) is 25.3 Å². The molecule has 3 rings (SSSR count). The lowest BCUT2D eigenvalue weighted by Crippen LogP contribution is -2.46. The molecule has 1 N–H and O–H groups in total. The molecular formula is C17H22ClN3O2. The zero-order valence-corrected chi connectivity index (χ0v) is 14.1. The quantitative estimate of drug-likeness (QED) is 0.918. The molecule has 2 aliphatic rings. The molecule has 1 aromatic rings. The van der Waals surface area contributed by atoms with Crippen molar-refractivity contribution >= 4 is 29.1 Å². The normalized spacial score (nSPS) is 22.4. The molecule has 0 aliphatic carbocycles. The lowest BCUT2D eigenvalue weighted by molar-refractivity contribution is -0.137. The number of hydrogen-bond donors (Lipinski definition) is 1. The van der Waals surface area contributed by atoms with E-state index >= 15 is 0 Å². The molecule has 6 heteroatoms. The van der Waals surface area contributed by atoms with Crippen molar-refractivity contribution in [2.75, 3.05) is 31.6 Å². The highest BCUT2D eigenvalue weighted by Crippen LogP contribution is 2.28. The van der Waals surface area contributed by atoms with Crippen LogP contribution in [0.1, 0.15) is 19.3 Å². The second-order valence-corrected chi connectivity index (χ2v) is 6.75. The zero-order chi connectivity index (χ0) is 16.4. The Balaban J connectivity index is 1.66. The van der Waals surface area contributed by atoms with E-state index in [1.165, 1.54) is 0 Å². The fourth-order valence-corrected chi connectivity index (χ4v) is 3.53. The van der Waals surface area contributed by atoms with Crippen LogP contribution < -0.4 is 10.2 Å². The molecule has 0 radical (unpaired) electrons. The lowest BCUT2D eigenvalue weighted by atomic mass is 10.0. The Morgan fingerprint density at radius 1 is 1.26 bits per heavy atom. The van der Waals surface area contributed by atoms with Gasteiger partial charge in [-0.15, -0.1) is 0 Å². The predicted molar refractivity (Wildman–Crippen MR) is 90.6 cm³/mol. The maximum atomic E-state index is 12.7. The van der Waals surface area contributed by atoms with Crippen molar-refractivity contribution in [3.8, 4) is 0 Å². The molecule has 2 aliphatic heterocycles. The smallest absolute Gasteiger partial charge is 0.228 e. The topological polar surface area (TPSA) is 52.7 Å². The SMILES string of the molecule is CN(C(=O)C1CC(=O)N(c2ccc(Cl)cc2)C1)C1CCNCC1. The summed E-state index contributed by atoms with van der Waals surface area (Å²) in [7, 11) is 1.87. The number of carbonyl (C=O) groups is 2. The Morgan fingerprint density at radius 2 is 1.91 bits per heavy atom. The molecule has 2 saturated heterocycles. The highest BCUT2D eigenvalue weighted by Gasteiger charge is 2.37. The minimum atomic E-state index is -0.252. The van der Waals surface area contributed by atoms with E-state index in [-0.39, 0.29) is 30.2 Å². The average Bonchev–Trinajstić information content (AvgIpc) is 2.97. The molecule has 0 bridgehead atoms. The third kappa shape index (κ3) is 3.51. The Hall–Kier alpha value is -1.59. The maximum absolute atomic E-state index is 12.7. The zero-order valence-electron chi connectivity index (χ0n) is 13.3. The molecule has 2 heterocycles. The number of hydrogen-bond acceptors (Lipinski definition) is 3. The van der Waals surface area contributed by atoms with Crippen molar-refractivity contribution in [3.63, 3.8) is 0 Å². The molecular weight excluding hydrogens is 314 g/mol. The van der Waals surface area contributed by atoms with Crippen molar-refractivity contribution in [3.05, 3.63) is 29.3 Å². The van der Waals surface area contributed by atoms with Gasteiger partial charge in [-0.2, -0.15) is 0 Å². The molecule has 1 atom stereocenters. The summed E-state index contributed by atoms with van der Waals surface area (Å²) in [5.41, 5.74) is 0.805. The first-order valence-electron chi connectivity index (χ1n) is 8.09. The third-order valence-corrected chi connectivity index (χ3v) is 5.07. The Labute approximate surface area is 141 Å². The van der Waals surface area contributed by atoms with Gasteiger partial charge in [-0.1, -0.05) is 11.6 Å². The van der Waals surface area contributed by atoms with Crippen LogP contribution in [0.25, 0.3) is 0 Å². The Kier molecular flexibility index (Phi) is 4.87. The van der Waals surface area contributed by atoms with Gasteiger partial charge in [-0.3, -0.25) is 9.59 Å². The molecule has 5 nitrogen and oxygen atoms in total. The second kappa shape index (κ2) is 6.89. The minimum absolute atomic E-state index is 0.00406. The monoisotopic (exact) mass is 335 g/mol. The van der Waals surface area contributed by atoms with Crippen molar-refractivity contribution < 1.29 is 9.59 Å². The first-order chi connectivity index (χ1) is 11.1. The van der Waals surface area contributed by atoms with E-state index in [4.69, 9.17) is 11.6 Å². The highest BCUT2D eigenvalue weighted by molar-refractivity contribution is 6.30. The van der Waals surface area contributed by atoms with Crippen LogP contribution in [-0.2, 0) is 9.59 Å². The maximum Gasteiger partial charge on any atom is 0.228 e. The molecule has 1 unspecified atom stereocenters. The summed E-state index contributed by atoms with van der Waals surface area (Å²) in [6, 6.07) is 7.46. The van der Waals surface area contributed by atoms with E-state index in [0.29, 0.717) is 11.6 Å². The van der Waals surface area contributed by atoms with Crippen LogP contribution in [0.4, 0.5) is 5.69 Å². The van der Waals surface area contributed by atoms with Crippen LogP contribution in [0.5, 0.6) is 0 Å². The van der Waals surface area contributed by atoms with Crippen LogP contribution in [0.2, 0.25) is 5.02 Å². The molecule has 124 valence electrons. The number of rotatable bonds is 3. The van der Waals surface area contributed by atoms with Crippen LogP contribution in [-0.4, -0.2) is 49.4 Å². The first kappa shape index (κ1) is 16.3. The van der Waals surface area contributed by atoms with Gasteiger partial charge >= 0.3 is 0 Å². The summed E-state index contributed by atoms with van der Waals surface area (Å²) in [4.78, 5) is 28.6. The predicted octanol–water partition coefficient (Wildman–Crippen LogP) is 1.90. The van der Waals surface area contributed by atoms with Gasteiger partial charge in [0, 0.05) is 36.8 Å². The average molecular weight is 336 g/mol. The number of piperidine rings is 1.